The van der Waals surface area contributed by atoms with Crippen molar-refractivity contribution in [3.05, 3.63) is 22.4 Å². The highest BCUT2D eigenvalue weighted by Gasteiger charge is 2.38. The molecule has 0 radical (unpaired) electrons. The second-order valence-electron chi connectivity index (χ2n) is 6.31. The molecule has 0 aromatic carbocycles. The van der Waals surface area contributed by atoms with Crippen LogP contribution in [-0.2, 0) is 0 Å². The fourth-order valence-electron chi connectivity index (χ4n) is 4.19. The molecule has 19 heavy (non-hydrogen) atoms. The Morgan fingerprint density at radius 2 is 2.05 bits per heavy atom. The molecule has 0 bridgehead atoms. The quantitative estimate of drug-likeness (QED) is 0.911. The van der Waals surface area contributed by atoms with E-state index in [1.807, 2.05) is 11.3 Å². The largest absolute Gasteiger partial charge is 0.326 e. The Hall–Kier alpha value is -0.380. The van der Waals surface area contributed by atoms with Crippen LogP contribution >= 0.6 is 11.3 Å². The van der Waals surface area contributed by atoms with Crippen LogP contribution in [0.25, 0.3) is 0 Å². The van der Waals surface area contributed by atoms with Crippen molar-refractivity contribution in [3.8, 4) is 0 Å². The maximum atomic E-state index is 6.35. The summed E-state index contributed by atoms with van der Waals surface area (Å²) in [6.45, 7) is 3.42. The molecule has 1 aliphatic heterocycles. The van der Waals surface area contributed by atoms with Crippen LogP contribution in [0.5, 0.6) is 0 Å². The predicted octanol–water partition coefficient (Wildman–Crippen LogP) is 3.79. The Morgan fingerprint density at radius 1 is 1.26 bits per heavy atom. The molecule has 1 aliphatic carbocycles. The van der Waals surface area contributed by atoms with Gasteiger partial charge in [0.25, 0.3) is 0 Å². The van der Waals surface area contributed by atoms with E-state index in [1.54, 1.807) is 0 Å². The number of nitrogens with zero attached hydrogens (tertiary/aromatic N) is 1. The van der Waals surface area contributed by atoms with Gasteiger partial charge in [-0.25, -0.2) is 0 Å². The van der Waals surface area contributed by atoms with Gasteiger partial charge in [0.05, 0.1) is 6.04 Å². The van der Waals surface area contributed by atoms with Gasteiger partial charge in [-0.05, 0) is 56.5 Å². The van der Waals surface area contributed by atoms with Crippen molar-refractivity contribution in [1.29, 1.82) is 0 Å². The first-order chi connectivity index (χ1) is 9.27. The van der Waals surface area contributed by atoms with Gasteiger partial charge in [0.2, 0.25) is 0 Å². The summed E-state index contributed by atoms with van der Waals surface area (Å²) < 4.78 is 0. The Labute approximate surface area is 121 Å². The third kappa shape index (κ3) is 2.74. The minimum absolute atomic E-state index is 0.222. The van der Waals surface area contributed by atoms with Gasteiger partial charge in [0.1, 0.15) is 0 Å². The van der Waals surface area contributed by atoms with Gasteiger partial charge in [-0.2, -0.15) is 0 Å². The minimum atomic E-state index is 0.222. The fraction of sp³-hybridized carbons (Fsp3) is 0.750. The molecular weight excluding hydrogens is 252 g/mol. The molecule has 1 saturated heterocycles. The molecule has 3 rings (SSSR count). The van der Waals surface area contributed by atoms with E-state index in [4.69, 9.17) is 5.73 Å². The first-order valence-corrected chi connectivity index (χ1v) is 8.70. The zero-order chi connectivity index (χ0) is 13.2. The number of piperidine rings is 1. The zero-order valence-corrected chi connectivity index (χ0v) is 12.7. The van der Waals surface area contributed by atoms with Crippen molar-refractivity contribution in [2.75, 3.05) is 6.54 Å². The third-order valence-corrected chi connectivity index (χ3v) is 5.92. The molecular formula is C16H26N2S. The molecule has 0 amide bonds. The van der Waals surface area contributed by atoms with Crippen molar-refractivity contribution in [1.82, 2.24) is 4.90 Å². The second kappa shape index (κ2) is 5.94. The molecule has 2 N–H and O–H groups in total. The maximum Gasteiger partial charge on any atom is 0.0593 e. The lowest BCUT2D eigenvalue weighted by molar-refractivity contribution is 0.0191. The van der Waals surface area contributed by atoms with Gasteiger partial charge in [-0.15, -0.1) is 11.3 Å². The Morgan fingerprint density at radius 3 is 2.79 bits per heavy atom. The van der Waals surface area contributed by atoms with Crippen molar-refractivity contribution in [3.63, 3.8) is 0 Å². The summed E-state index contributed by atoms with van der Waals surface area (Å²) in [4.78, 5) is 4.21. The van der Waals surface area contributed by atoms with Gasteiger partial charge in [0.15, 0.2) is 0 Å². The van der Waals surface area contributed by atoms with E-state index in [1.165, 1.54) is 49.9 Å². The summed E-state index contributed by atoms with van der Waals surface area (Å²) in [5, 5.41) is 2.19. The summed E-state index contributed by atoms with van der Waals surface area (Å²) >= 11 is 1.87. The first-order valence-electron chi connectivity index (χ1n) is 7.82. The van der Waals surface area contributed by atoms with Crippen LogP contribution in [-0.4, -0.2) is 23.5 Å². The van der Waals surface area contributed by atoms with Crippen molar-refractivity contribution >= 4 is 11.3 Å². The van der Waals surface area contributed by atoms with E-state index >= 15 is 0 Å². The van der Waals surface area contributed by atoms with Gasteiger partial charge >= 0.3 is 0 Å². The number of likely N-dealkylation sites (tertiary alicyclic amines) is 1. The summed E-state index contributed by atoms with van der Waals surface area (Å²) in [5.74, 6) is 0.934. The molecule has 2 aliphatic rings. The van der Waals surface area contributed by atoms with Crippen LogP contribution in [0.2, 0.25) is 0 Å². The second-order valence-corrected chi connectivity index (χ2v) is 7.29. The average molecular weight is 278 g/mol. The van der Waals surface area contributed by atoms with Crippen LogP contribution in [0.15, 0.2) is 17.5 Å². The molecule has 1 aromatic heterocycles. The minimum Gasteiger partial charge on any atom is -0.326 e. The molecule has 1 aromatic rings. The first kappa shape index (κ1) is 13.6. The number of nitrogens with two attached hydrogens (primary N) is 1. The number of thiophene rings is 1. The van der Waals surface area contributed by atoms with Crippen molar-refractivity contribution in [2.24, 2.45) is 11.7 Å². The zero-order valence-electron chi connectivity index (χ0n) is 11.9. The van der Waals surface area contributed by atoms with E-state index in [0.29, 0.717) is 6.04 Å². The smallest absolute Gasteiger partial charge is 0.0593 e. The predicted molar refractivity (Wildman–Crippen MR) is 82.4 cm³/mol. The van der Waals surface area contributed by atoms with E-state index in [2.05, 4.69) is 29.3 Å². The lowest BCUT2D eigenvalue weighted by atomic mass is 9.77. The molecule has 3 heteroatoms. The Balaban J connectivity index is 1.84. The van der Waals surface area contributed by atoms with Crippen molar-refractivity contribution in [2.45, 2.75) is 63.6 Å². The molecule has 1 saturated carbocycles. The molecule has 106 valence electrons. The third-order valence-electron chi connectivity index (χ3n) is 4.98. The lowest BCUT2D eigenvalue weighted by Crippen LogP contribution is -2.51. The standard InChI is InChI=1S/C16H26N2S/c1-12(17)16(15-9-5-11-19-15)18-10-4-7-13-6-2-3-8-14(13)18/h5,9,11-14,16H,2-4,6-8,10,17H2,1H3. The summed E-state index contributed by atoms with van der Waals surface area (Å²) in [5.41, 5.74) is 6.35. The summed E-state index contributed by atoms with van der Waals surface area (Å²) in [6.07, 6.45) is 8.48. The van der Waals surface area contributed by atoms with Crippen LogP contribution in [0.1, 0.15) is 56.4 Å². The number of fused-ring (bicyclic) bond motifs is 1. The summed E-state index contributed by atoms with van der Waals surface area (Å²) in [6, 6.07) is 5.88. The average Bonchev–Trinajstić information content (AvgIpc) is 2.93. The molecule has 2 nitrogen and oxygen atoms in total. The van der Waals surface area contributed by atoms with E-state index in [-0.39, 0.29) is 6.04 Å². The van der Waals surface area contributed by atoms with Gasteiger partial charge < -0.3 is 5.73 Å². The van der Waals surface area contributed by atoms with Gasteiger partial charge in [0, 0.05) is 17.0 Å². The highest BCUT2D eigenvalue weighted by molar-refractivity contribution is 7.10. The Bertz CT molecular complexity index is 385. The lowest BCUT2D eigenvalue weighted by Gasteiger charge is -2.48. The SMILES string of the molecule is CC(N)C(c1cccs1)N1CCCC2CCCCC21. The highest BCUT2D eigenvalue weighted by atomic mass is 32.1. The van der Waals surface area contributed by atoms with E-state index in [9.17, 15) is 0 Å². The summed E-state index contributed by atoms with van der Waals surface area (Å²) in [7, 11) is 0. The number of rotatable bonds is 3. The van der Waals surface area contributed by atoms with Crippen LogP contribution in [0.3, 0.4) is 0 Å². The maximum absolute atomic E-state index is 6.35. The van der Waals surface area contributed by atoms with E-state index < -0.39 is 0 Å². The normalized spacial score (nSPS) is 31.7. The molecule has 0 spiro atoms. The van der Waals surface area contributed by atoms with Crippen LogP contribution in [0.4, 0.5) is 0 Å². The van der Waals surface area contributed by atoms with Gasteiger partial charge in [-0.1, -0.05) is 18.9 Å². The van der Waals surface area contributed by atoms with E-state index in [0.717, 1.165) is 12.0 Å². The van der Waals surface area contributed by atoms with Crippen LogP contribution < -0.4 is 5.73 Å². The number of hydrogen-bond acceptors (Lipinski definition) is 3. The fourth-order valence-corrected chi connectivity index (χ4v) is 5.15. The topological polar surface area (TPSA) is 29.3 Å². The Kier molecular flexibility index (Phi) is 4.25. The highest BCUT2D eigenvalue weighted by Crippen LogP contribution is 2.40. The molecule has 2 fully saturated rings. The van der Waals surface area contributed by atoms with Crippen molar-refractivity contribution < 1.29 is 0 Å². The molecule has 2 heterocycles. The molecule has 4 atom stereocenters. The number of hydrogen-bond donors (Lipinski definition) is 1. The molecule has 4 unspecified atom stereocenters. The van der Waals surface area contributed by atoms with Crippen LogP contribution in [0, 0.1) is 5.92 Å². The monoisotopic (exact) mass is 278 g/mol. The van der Waals surface area contributed by atoms with Gasteiger partial charge in [-0.3, -0.25) is 4.90 Å².